The first-order valence-corrected chi connectivity index (χ1v) is 1.87. The molecule has 50 valence electrons. The number of hydrogen-bond acceptors (Lipinski definition) is 1. The lowest BCUT2D eigenvalue weighted by Gasteiger charge is -2.06. The second-order valence-corrected chi connectivity index (χ2v) is 1.25. The second kappa shape index (κ2) is 2.86. The van der Waals surface area contributed by atoms with Gasteiger partial charge in [0.1, 0.15) is 6.04 Å². The zero-order valence-electron chi connectivity index (χ0n) is 3.82. The van der Waals surface area contributed by atoms with Gasteiger partial charge in [0.05, 0.1) is 0 Å². The minimum atomic E-state index is -3.13. The highest BCUT2D eigenvalue weighted by Gasteiger charge is 2.24. The molecule has 0 bridgehead atoms. The molecular weight excluding hydrogens is 126 g/mol. The summed E-state index contributed by atoms with van der Waals surface area (Å²) >= 11 is 0. The third-order valence-electron chi connectivity index (χ3n) is 0.582. The third-order valence-corrected chi connectivity index (χ3v) is 0.582. The van der Waals surface area contributed by atoms with Crippen LogP contribution in [0.3, 0.4) is 0 Å². The van der Waals surface area contributed by atoms with Crippen LogP contribution in [0.25, 0.3) is 0 Å². The van der Waals surface area contributed by atoms with Gasteiger partial charge in [0.2, 0.25) is 0 Å². The Morgan fingerprint density at radius 1 is 0.875 bits per heavy atom. The molecule has 1 nitrogen and oxygen atoms in total. The van der Waals surface area contributed by atoms with E-state index in [4.69, 9.17) is 0 Å². The van der Waals surface area contributed by atoms with Gasteiger partial charge in [-0.25, -0.2) is 17.6 Å². The van der Waals surface area contributed by atoms with Gasteiger partial charge in [0, 0.05) is 0 Å². The van der Waals surface area contributed by atoms with E-state index in [2.05, 4.69) is 5.73 Å². The van der Waals surface area contributed by atoms with Gasteiger partial charge < -0.3 is 5.73 Å². The first-order valence-electron chi connectivity index (χ1n) is 1.87. The Hall–Kier alpha value is -0.320. The van der Waals surface area contributed by atoms with Crippen LogP contribution in [0.1, 0.15) is 0 Å². The summed E-state index contributed by atoms with van der Waals surface area (Å²) in [5.41, 5.74) is 4.26. The van der Waals surface area contributed by atoms with Crippen molar-refractivity contribution < 1.29 is 17.6 Å². The van der Waals surface area contributed by atoms with E-state index >= 15 is 0 Å². The summed E-state index contributed by atoms with van der Waals surface area (Å²) in [6.07, 6.45) is -6.26. The summed E-state index contributed by atoms with van der Waals surface area (Å²) in [5.74, 6) is 0. The highest BCUT2D eigenvalue weighted by atomic mass is 19.3. The Balaban J connectivity index is 3.46. The highest BCUT2D eigenvalue weighted by molar-refractivity contribution is 4.64. The SMILES string of the molecule is NC(C(F)F)C(F)F. The van der Waals surface area contributed by atoms with E-state index in [1.165, 1.54) is 0 Å². The van der Waals surface area contributed by atoms with Crippen LogP contribution in [0.4, 0.5) is 17.6 Å². The molecule has 5 heteroatoms. The zero-order chi connectivity index (χ0) is 6.73. The molecule has 8 heavy (non-hydrogen) atoms. The summed E-state index contributed by atoms with van der Waals surface area (Å²) in [6.45, 7) is 0. The van der Waals surface area contributed by atoms with Crippen LogP contribution in [0.2, 0.25) is 0 Å². The molecule has 0 aliphatic carbocycles. The number of hydrogen-bond donors (Lipinski definition) is 1. The van der Waals surface area contributed by atoms with Crippen molar-refractivity contribution in [2.45, 2.75) is 18.9 Å². The first-order chi connectivity index (χ1) is 3.55. The monoisotopic (exact) mass is 131 g/mol. The van der Waals surface area contributed by atoms with Crippen LogP contribution in [0, 0.1) is 0 Å². The Labute approximate surface area is 43.5 Å². The van der Waals surface area contributed by atoms with Gasteiger partial charge in [-0.15, -0.1) is 0 Å². The fraction of sp³-hybridized carbons (Fsp3) is 1.00. The van der Waals surface area contributed by atoms with Crippen LogP contribution >= 0.6 is 0 Å². The van der Waals surface area contributed by atoms with Crippen LogP contribution in [0.15, 0.2) is 0 Å². The Morgan fingerprint density at radius 2 is 1.12 bits per heavy atom. The summed E-state index contributed by atoms with van der Waals surface area (Å²) in [5, 5.41) is 0. The molecule has 0 spiro atoms. The highest BCUT2D eigenvalue weighted by Crippen LogP contribution is 2.06. The lowest BCUT2D eigenvalue weighted by Crippen LogP contribution is -2.35. The van der Waals surface area contributed by atoms with Crippen LogP contribution in [0.5, 0.6) is 0 Å². The summed E-state index contributed by atoms with van der Waals surface area (Å²) in [7, 11) is 0. The van der Waals surface area contributed by atoms with Crippen molar-refractivity contribution in [2.75, 3.05) is 0 Å². The average Bonchev–Trinajstić information content (AvgIpc) is 1.64. The van der Waals surface area contributed by atoms with Gasteiger partial charge in [-0.1, -0.05) is 0 Å². The standard InChI is InChI=1S/C3H5F4N/c4-2(5)1(8)3(6)7/h1-3H,8H2. The quantitative estimate of drug-likeness (QED) is 0.552. The molecule has 0 saturated carbocycles. The van der Waals surface area contributed by atoms with E-state index in [1.807, 2.05) is 0 Å². The van der Waals surface area contributed by atoms with Crippen molar-refractivity contribution in [1.82, 2.24) is 0 Å². The Bertz CT molecular complexity index is 56.3. The van der Waals surface area contributed by atoms with Crippen molar-refractivity contribution in [2.24, 2.45) is 5.73 Å². The minimum Gasteiger partial charge on any atom is -0.318 e. The fourth-order valence-electron chi connectivity index (χ4n) is 0.110. The minimum absolute atomic E-state index is 2.30. The molecule has 0 aromatic rings. The smallest absolute Gasteiger partial charge is 0.259 e. The molecule has 0 radical (unpaired) electrons. The summed E-state index contributed by atoms with van der Waals surface area (Å²) in [6, 6.07) is -2.30. The van der Waals surface area contributed by atoms with Gasteiger partial charge >= 0.3 is 0 Å². The maximum absolute atomic E-state index is 11.1. The summed E-state index contributed by atoms with van der Waals surface area (Å²) < 4.78 is 44.3. The molecule has 0 fully saturated rings. The van der Waals surface area contributed by atoms with Crippen molar-refractivity contribution >= 4 is 0 Å². The first kappa shape index (κ1) is 7.68. The van der Waals surface area contributed by atoms with E-state index in [0.717, 1.165) is 0 Å². The van der Waals surface area contributed by atoms with E-state index in [9.17, 15) is 17.6 Å². The predicted molar refractivity (Wildman–Crippen MR) is 20.0 cm³/mol. The van der Waals surface area contributed by atoms with Gasteiger partial charge in [0.25, 0.3) is 12.9 Å². The van der Waals surface area contributed by atoms with E-state index < -0.39 is 18.9 Å². The van der Waals surface area contributed by atoms with E-state index in [1.54, 1.807) is 0 Å². The molecule has 0 aliphatic rings. The Morgan fingerprint density at radius 3 is 1.12 bits per heavy atom. The van der Waals surface area contributed by atoms with Gasteiger partial charge in [-0.05, 0) is 0 Å². The van der Waals surface area contributed by atoms with Crippen LogP contribution < -0.4 is 5.73 Å². The lowest BCUT2D eigenvalue weighted by molar-refractivity contribution is 0.0183. The molecule has 0 aromatic carbocycles. The normalized spacial score (nSPS) is 12.0. The second-order valence-electron chi connectivity index (χ2n) is 1.25. The molecule has 0 rings (SSSR count). The van der Waals surface area contributed by atoms with E-state index in [0.29, 0.717) is 0 Å². The van der Waals surface area contributed by atoms with Crippen LogP contribution in [-0.4, -0.2) is 18.9 Å². The number of rotatable bonds is 2. The molecule has 0 heterocycles. The summed E-state index contributed by atoms with van der Waals surface area (Å²) in [4.78, 5) is 0. The van der Waals surface area contributed by atoms with Gasteiger partial charge in [-0.3, -0.25) is 0 Å². The zero-order valence-corrected chi connectivity index (χ0v) is 3.82. The fourth-order valence-corrected chi connectivity index (χ4v) is 0.110. The number of alkyl halides is 4. The largest absolute Gasteiger partial charge is 0.318 e. The molecule has 0 atom stereocenters. The topological polar surface area (TPSA) is 26.0 Å². The molecule has 0 unspecified atom stereocenters. The van der Waals surface area contributed by atoms with Crippen LogP contribution in [-0.2, 0) is 0 Å². The molecule has 0 saturated heterocycles. The van der Waals surface area contributed by atoms with Crippen molar-refractivity contribution in [3.63, 3.8) is 0 Å². The molecule has 2 N–H and O–H groups in total. The van der Waals surface area contributed by atoms with Crippen molar-refractivity contribution in [3.05, 3.63) is 0 Å². The molecule has 0 aliphatic heterocycles. The molecular formula is C3H5F4N. The number of halogens is 4. The van der Waals surface area contributed by atoms with Gasteiger partial charge in [0.15, 0.2) is 0 Å². The predicted octanol–water partition coefficient (Wildman–Crippen LogP) is 0.844. The van der Waals surface area contributed by atoms with Crippen molar-refractivity contribution in [3.8, 4) is 0 Å². The molecule has 0 amide bonds. The maximum atomic E-state index is 11.1. The van der Waals surface area contributed by atoms with E-state index in [-0.39, 0.29) is 0 Å². The average molecular weight is 131 g/mol. The number of nitrogens with two attached hydrogens (primary N) is 1. The molecule has 0 aromatic heterocycles. The lowest BCUT2D eigenvalue weighted by atomic mass is 10.3. The Kier molecular flexibility index (Phi) is 2.75. The maximum Gasteiger partial charge on any atom is 0.259 e. The third kappa shape index (κ3) is 2.11. The van der Waals surface area contributed by atoms with Crippen molar-refractivity contribution in [1.29, 1.82) is 0 Å². The van der Waals surface area contributed by atoms with Gasteiger partial charge in [-0.2, -0.15) is 0 Å².